The van der Waals surface area contributed by atoms with Gasteiger partial charge < -0.3 is 14.6 Å². The first-order valence-corrected chi connectivity index (χ1v) is 3.62. The Morgan fingerprint density at radius 2 is 2.45 bits per heavy atom. The summed E-state index contributed by atoms with van der Waals surface area (Å²) >= 11 is 0. The third-order valence-corrected chi connectivity index (χ3v) is 1.78. The number of hydrogen-bond donors (Lipinski definition) is 1. The number of esters is 1. The molecule has 1 aliphatic rings. The molecule has 1 saturated heterocycles. The summed E-state index contributed by atoms with van der Waals surface area (Å²) in [6.45, 7) is -0.0203. The van der Waals surface area contributed by atoms with Crippen molar-refractivity contribution in [3.05, 3.63) is 0 Å². The predicted molar refractivity (Wildman–Crippen MR) is 37.0 cm³/mol. The van der Waals surface area contributed by atoms with E-state index >= 15 is 0 Å². The third kappa shape index (κ3) is 1.91. The molecule has 0 spiro atoms. The molecule has 0 bridgehead atoms. The normalized spacial score (nSPS) is 30.4. The highest BCUT2D eigenvalue weighted by Crippen LogP contribution is 2.19. The second kappa shape index (κ2) is 3.69. The molecular formula is C7H12O4. The van der Waals surface area contributed by atoms with E-state index in [1.807, 2.05) is 0 Å². The van der Waals surface area contributed by atoms with Crippen LogP contribution in [0.5, 0.6) is 0 Å². The van der Waals surface area contributed by atoms with Gasteiger partial charge in [-0.15, -0.1) is 0 Å². The van der Waals surface area contributed by atoms with Crippen molar-refractivity contribution in [2.24, 2.45) is 0 Å². The predicted octanol–water partition coefficient (Wildman–Crippen LogP) is -0.301. The number of aliphatic hydroxyl groups excluding tert-OH is 1. The van der Waals surface area contributed by atoms with E-state index in [1.54, 1.807) is 0 Å². The van der Waals surface area contributed by atoms with Gasteiger partial charge in [0.1, 0.15) is 0 Å². The molecule has 4 heteroatoms. The highest BCUT2D eigenvalue weighted by molar-refractivity contribution is 5.74. The van der Waals surface area contributed by atoms with Crippen LogP contribution < -0.4 is 0 Å². The van der Waals surface area contributed by atoms with Crippen molar-refractivity contribution in [3.63, 3.8) is 0 Å². The molecule has 1 rings (SSSR count). The van der Waals surface area contributed by atoms with Crippen molar-refractivity contribution in [2.75, 3.05) is 13.7 Å². The molecular weight excluding hydrogens is 148 g/mol. The van der Waals surface area contributed by atoms with Crippen LogP contribution in [0.4, 0.5) is 0 Å². The maximum Gasteiger partial charge on any atom is 0.334 e. The van der Waals surface area contributed by atoms with Crippen LogP contribution in [-0.4, -0.2) is 37.0 Å². The lowest BCUT2D eigenvalue weighted by atomic mass is 10.2. The molecule has 0 radical (unpaired) electrons. The molecule has 0 unspecified atom stereocenters. The van der Waals surface area contributed by atoms with E-state index in [4.69, 9.17) is 9.84 Å². The molecule has 0 saturated carbocycles. The van der Waals surface area contributed by atoms with Crippen molar-refractivity contribution in [3.8, 4) is 0 Å². The number of ether oxygens (including phenoxy) is 2. The van der Waals surface area contributed by atoms with Gasteiger partial charge in [-0.05, 0) is 12.8 Å². The monoisotopic (exact) mass is 160 g/mol. The summed E-state index contributed by atoms with van der Waals surface area (Å²) in [6, 6.07) is 0. The van der Waals surface area contributed by atoms with Crippen LogP contribution in [0.3, 0.4) is 0 Å². The number of hydrogen-bond acceptors (Lipinski definition) is 4. The van der Waals surface area contributed by atoms with E-state index in [0.717, 1.165) is 6.42 Å². The maximum atomic E-state index is 10.8. The molecule has 1 fully saturated rings. The second-order valence-electron chi connectivity index (χ2n) is 2.53. The van der Waals surface area contributed by atoms with Crippen LogP contribution in [0.15, 0.2) is 0 Å². The fraction of sp³-hybridized carbons (Fsp3) is 0.857. The van der Waals surface area contributed by atoms with E-state index in [1.165, 1.54) is 7.11 Å². The lowest BCUT2D eigenvalue weighted by Crippen LogP contribution is -2.23. The largest absolute Gasteiger partial charge is 0.467 e. The van der Waals surface area contributed by atoms with Crippen LogP contribution >= 0.6 is 0 Å². The zero-order chi connectivity index (χ0) is 8.27. The van der Waals surface area contributed by atoms with Gasteiger partial charge in [0, 0.05) is 0 Å². The molecule has 1 aliphatic heterocycles. The summed E-state index contributed by atoms with van der Waals surface area (Å²) in [6.07, 6.45) is 0.741. The molecule has 0 aliphatic carbocycles. The average Bonchev–Trinajstić information content (AvgIpc) is 2.50. The van der Waals surface area contributed by atoms with Crippen molar-refractivity contribution in [1.82, 2.24) is 0 Å². The van der Waals surface area contributed by atoms with Gasteiger partial charge in [0.15, 0.2) is 6.10 Å². The van der Waals surface area contributed by atoms with E-state index in [9.17, 15) is 4.79 Å². The minimum absolute atomic E-state index is 0.0203. The van der Waals surface area contributed by atoms with Crippen LogP contribution in [0.2, 0.25) is 0 Å². The summed E-state index contributed by atoms with van der Waals surface area (Å²) in [7, 11) is 1.33. The number of carbonyl (C=O) groups excluding carboxylic acids is 1. The first-order valence-electron chi connectivity index (χ1n) is 3.62. The van der Waals surface area contributed by atoms with Crippen LogP contribution in [-0.2, 0) is 14.3 Å². The van der Waals surface area contributed by atoms with Crippen molar-refractivity contribution in [2.45, 2.75) is 25.0 Å². The van der Waals surface area contributed by atoms with E-state index in [2.05, 4.69) is 4.74 Å². The highest BCUT2D eigenvalue weighted by atomic mass is 16.6. The lowest BCUT2D eigenvalue weighted by molar-refractivity contribution is -0.153. The molecule has 1 heterocycles. The first kappa shape index (κ1) is 8.49. The van der Waals surface area contributed by atoms with Gasteiger partial charge >= 0.3 is 5.97 Å². The van der Waals surface area contributed by atoms with Crippen molar-refractivity contribution >= 4 is 5.97 Å². The minimum atomic E-state index is -0.461. The molecule has 0 aromatic rings. The summed E-state index contributed by atoms with van der Waals surface area (Å²) in [5.41, 5.74) is 0. The topological polar surface area (TPSA) is 55.8 Å². The quantitative estimate of drug-likeness (QED) is 0.563. The molecule has 4 nitrogen and oxygen atoms in total. The Kier molecular flexibility index (Phi) is 2.84. The molecule has 0 amide bonds. The Bertz CT molecular complexity index is 145. The van der Waals surface area contributed by atoms with Gasteiger partial charge in [-0.25, -0.2) is 4.79 Å². The van der Waals surface area contributed by atoms with E-state index < -0.39 is 6.10 Å². The van der Waals surface area contributed by atoms with Gasteiger partial charge in [-0.2, -0.15) is 0 Å². The summed E-state index contributed by atoms with van der Waals surface area (Å²) < 4.78 is 9.62. The van der Waals surface area contributed by atoms with E-state index in [-0.39, 0.29) is 18.7 Å². The average molecular weight is 160 g/mol. The van der Waals surface area contributed by atoms with Crippen molar-refractivity contribution < 1.29 is 19.4 Å². The molecule has 0 aromatic heterocycles. The van der Waals surface area contributed by atoms with Gasteiger partial charge in [0.2, 0.25) is 0 Å². The molecule has 11 heavy (non-hydrogen) atoms. The number of aliphatic hydroxyl groups is 1. The molecule has 2 atom stereocenters. The van der Waals surface area contributed by atoms with Crippen LogP contribution in [0.25, 0.3) is 0 Å². The number of methoxy groups -OCH3 is 1. The Morgan fingerprint density at radius 3 is 2.91 bits per heavy atom. The highest BCUT2D eigenvalue weighted by Gasteiger charge is 2.30. The Morgan fingerprint density at radius 1 is 1.73 bits per heavy atom. The minimum Gasteiger partial charge on any atom is -0.467 e. The zero-order valence-electron chi connectivity index (χ0n) is 6.45. The summed E-state index contributed by atoms with van der Waals surface area (Å²) in [4.78, 5) is 10.8. The Balaban J connectivity index is 2.35. The summed E-state index contributed by atoms with van der Waals surface area (Å²) in [5.74, 6) is -0.346. The zero-order valence-corrected chi connectivity index (χ0v) is 6.45. The van der Waals surface area contributed by atoms with Gasteiger partial charge in [0.05, 0.1) is 19.8 Å². The standard InChI is InChI=1S/C7H12O4/c1-10-7(9)6-3-2-5(4-8)11-6/h5-6,8H,2-4H2,1H3/t5-,6+/m0/s1. The maximum absolute atomic E-state index is 10.8. The fourth-order valence-corrected chi connectivity index (χ4v) is 1.14. The molecule has 1 N–H and O–H groups in total. The third-order valence-electron chi connectivity index (χ3n) is 1.78. The fourth-order valence-electron chi connectivity index (χ4n) is 1.14. The molecule has 0 aromatic carbocycles. The van der Waals surface area contributed by atoms with Crippen molar-refractivity contribution in [1.29, 1.82) is 0 Å². The molecule has 64 valence electrons. The SMILES string of the molecule is COC(=O)[C@H]1CC[C@@H](CO)O1. The Hall–Kier alpha value is -0.610. The van der Waals surface area contributed by atoms with Crippen LogP contribution in [0, 0.1) is 0 Å². The second-order valence-corrected chi connectivity index (χ2v) is 2.53. The van der Waals surface area contributed by atoms with Gasteiger partial charge in [-0.1, -0.05) is 0 Å². The number of carbonyl (C=O) groups is 1. The Labute approximate surface area is 65.1 Å². The van der Waals surface area contributed by atoms with Crippen LogP contribution in [0.1, 0.15) is 12.8 Å². The van der Waals surface area contributed by atoms with Gasteiger partial charge in [0.25, 0.3) is 0 Å². The first-order chi connectivity index (χ1) is 5.27. The number of rotatable bonds is 2. The van der Waals surface area contributed by atoms with Gasteiger partial charge in [-0.3, -0.25) is 0 Å². The van der Waals surface area contributed by atoms with E-state index in [0.29, 0.717) is 6.42 Å². The summed E-state index contributed by atoms with van der Waals surface area (Å²) in [5, 5.41) is 8.66. The smallest absolute Gasteiger partial charge is 0.334 e. The lowest BCUT2D eigenvalue weighted by Gasteiger charge is -2.08.